The van der Waals surface area contributed by atoms with Gasteiger partial charge < -0.3 is 0 Å². The van der Waals surface area contributed by atoms with Crippen molar-refractivity contribution >= 4 is 38.9 Å². The lowest BCUT2D eigenvalue weighted by molar-refractivity contribution is -0.854. The number of aromatic nitrogens is 1. The van der Waals surface area contributed by atoms with Crippen molar-refractivity contribution in [1.29, 1.82) is 0 Å². The quantitative estimate of drug-likeness (QED) is 0.0919. The SMILES string of the molecule is FC(F)(F)c1cc([B-](c2cc(C(F)(F)F)cc(C(F)(F)F)c2)(c2cc(C(F)(F)F)cc(C(F)(F)F)c2)c2cc(C(F)(F)F)cc(C(F)(F)F)c2)cc(C(F)(F)F)c1.c1ccc2cc(O[n+]3cccc4ccccc43)cc-2cc1. The van der Waals surface area contributed by atoms with Crippen LogP contribution < -0.4 is 31.4 Å². The van der Waals surface area contributed by atoms with E-state index < -0.39 is 195 Å². The molecule has 2 aliphatic carbocycles. The summed E-state index contributed by atoms with van der Waals surface area (Å²) in [6.45, 7) is 0. The number of fused-ring (bicyclic) bond motifs is 2. The van der Waals surface area contributed by atoms with E-state index >= 15 is 0 Å². The maximum atomic E-state index is 14.2. The van der Waals surface area contributed by atoms with E-state index in [1.807, 2.05) is 47.3 Å². The smallest absolute Gasteiger partial charge is 0.231 e. The minimum absolute atomic E-state index is 0.691. The van der Waals surface area contributed by atoms with Gasteiger partial charge in [0.2, 0.25) is 11.9 Å². The standard InChI is InChI=1S/C32H12BF24.C19H14NO/c34-25(35,36)13-1-14(26(37,38)39)6-21(5-13)33(22-7-15(27(40,41)42)2-16(8-22)28(43,44)45,23-9-17(29(46,47)48)3-18(10-23)30(49,50)51)24-11-19(31(52,53)54)4-20(12-24)32(55,56)57;1-2-8-16-13-18(14-17(16)9-3-1)21-20-12-6-10-15-7-4-5-11-19(15)20/h1-12H;1-14H/q-1;+1. The predicted molar refractivity (Wildman–Crippen MR) is 233 cm³/mol. The number of rotatable bonds is 6. The highest BCUT2D eigenvalue weighted by Crippen LogP contribution is 2.42. The Hall–Kier alpha value is -7.61. The van der Waals surface area contributed by atoms with Crippen molar-refractivity contribution in [3.8, 4) is 16.9 Å². The van der Waals surface area contributed by atoms with Crippen LogP contribution in [0.2, 0.25) is 0 Å². The first-order valence-electron chi connectivity index (χ1n) is 21.6. The highest BCUT2D eigenvalue weighted by molar-refractivity contribution is 7.20. The maximum absolute atomic E-state index is 14.2. The summed E-state index contributed by atoms with van der Waals surface area (Å²) in [6, 6.07) is 17.9. The van der Waals surface area contributed by atoms with Gasteiger partial charge in [0.1, 0.15) is 6.15 Å². The van der Waals surface area contributed by atoms with E-state index in [9.17, 15) is 105 Å². The Balaban J connectivity index is 0.000000344. The normalized spacial score (nSPS) is 13.4. The number of nitrogens with zero attached hydrogens (tertiary/aromatic N) is 1. The van der Waals surface area contributed by atoms with E-state index in [1.165, 1.54) is 11.1 Å². The first-order valence-corrected chi connectivity index (χ1v) is 21.6. The van der Waals surface area contributed by atoms with Gasteiger partial charge in [-0.1, -0.05) is 91.0 Å². The third-order valence-electron chi connectivity index (χ3n) is 12.0. The van der Waals surface area contributed by atoms with Crippen LogP contribution in [-0.2, 0) is 49.4 Å². The van der Waals surface area contributed by atoms with Crippen molar-refractivity contribution in [1.82, 2.24) is 0 Å². The number of pyridine rings is 1. The van der Waals surface area contributed by atoms with Gasteiger partial charge in [0.25, 0.3) is 5.52 Å². The molecule has 0 spiro atoms. The van der Waals surface area contributed by atoms with E-state index in [2.05, 4.69) is 42.5 Å². The molecule has 2 nitrogen and oxygen atoms in total. The average Bonchev–Trinajstić information content (AvgIpc) is 3.74. The second-order valence-electron chi connectivity index (χ2n) is 17.2. The molecule has 0 N–H and O–H groups in total. The Morgan fingerprint density at radius 2 is 0.538 bits per heavy atom. The molecule has 0 fully saturated rings. The molecule has 8 rings (SSSR count). The van der Waals surface area contributed by atoms with E-state index in [4.69, 9.17) is 4.84 Å². The fourth-order valence-electron chi connectivity index (χ4n) is 8.64. The van der Waals surface area contributed by atoms with E-state index in [0.717, 1.165) is 16.7 Å². The van der Waals surface area contributed by atoms with Gasteiger partial charge in [-0.15, -0.1) is 0 Å². The summed E-state index contributed by atoms with van der Waals surface area (Å²) in [7, 11) is 0. The van der Waals surface area contributed by atoms with Crippen molar-refractivity contribution in [3.63, 3.8) is 0 Å². The van der Waals surface area contributed by atoms with Crippen LogP contribution in [0.25, 0.3) is 22.0 Å². The van der Waals surface area contributed by atoms with Crippen molar-refractivity contribution in [2.45, 2.75) is 49.4 Å². The predicted octanol–water partition coefficient (Wildman–Crippen LogP) is 15.3. The van der Waals surface area contributed by atoms with Crippen LogP contribution in [0.15, 0.2) is 158 Å². The third-order valence-corrected chi connectivity index (χ3v) is 12.0. The molecule has 0 amide bonds. The van der Waals surface area contributed by atoms with Crippen LogP contribution in [0.1, 0.15) is 44.5 Å². The second-order valence-corrected chi connectivity index (χ2v) is 17.2. The topological polar surface area (TPSA) is 13.1 Å². The van der Waals surface area contributed by atoms with Crippen LogP contribution in [0.4, 0.5) is 105 Å². The molecule has 0 atom stereocenters. The Kier molecular flexibility index (Phi) is 14.9. The number of halogens is 24. The largest absolute Gasteiger partial charge is 0.416 e. The summed E-state index contributed by atoms with van der Waals surface area (Å²) >= 11 is 0. The zero-order chi connectivity index (χ0) is 58.0. The van der Waals surface area contributed by atoms with E-state index in [0.29, 0.717) is 0 Å². The van der Waals surface area contributed by atoms with E-state index in [-0.39, 0.29) is 0 Å². The monoisotopic (exact) mass is 1140 g/mol. The van der Waals surface area contributed by atoms with E-state index in [1.54, 1.807) is 0 Å². The van der Waals surface area contributed by atoms with Crippen molar-refractivity contribution in [3.05, 3.63) is 202 Å². The Morgan fingerprint density at radius 1 is 0.282 bits per heavy atom. The minimum atomic E-state index is -6.13. The molecule has 0 saturated heterocycles. The Bertz CT molecular complexity index is 2980. The molecule has 412 valence electrons. The van der Waals surface area contributed by atoms with Gasteiger partial charge in [0.15, 0.2) is 0 Å². The van der Waals surface area contributed by atoms with Gasteiger partial charge in [-0.05, 0) is 59.7 Å². The fraction of sp³-hybridized carbons (Fsp3) is 0.157. The summed E-state index contributed by atoms with van der Waals surface area (Å²) in [5.74, 6) is 0.845. The molecule has 27 heteroatoms. The van der Waals surface area contributed by atoms with Crippen LogP contribution >= 0.6 is 0 Å². The summed E-state index contributed by atoms with van der Waals surface area (Å²) in [4.78, 5) is 6.02. The minimum Gasteiger partial charge on any atom is -0.231 e. The van der Waals surface area contributed by atoms with Gasteiger partial charge in [0, 0.05) is 16.9 Å². The molecule has 1 heterocycles. The maximum Gasteiger partial charge on any atom is 0.416 e. The first-order chi connectivity index (χ1) is 35.7. The summed E-state index contributed by atoms with van der Waals surface area (Å²) in [6.07, 6.45) is -52.9. The molecule has 1 aromatic heterocycles. The lowest BCUT2D eigenvalue weighted by Gasteiger charge is -2.46. The summed E-state index contributed by atoms with van der Waals surface area (Å²) < 4.78 is 343. The lowest BCUT2D eigenvalue weighted by Crippen LogP contribution is -2.75. The number of hydrogen-bond acceptors (Lipinski definition) is 1. The van der Waals surface area contributed by atoms with Crippen LogP contribution in [0.5, 0.6) is 5.75 Å². The molecular weight excluding hydrogens is 1110 g/mol. The molecule has 2 aliphatic rings. The van der Waals surface area contributed by atoms with Gasteiger partial charge in [0.05, 0.1) is 49.9 Å². The molecule has 0 bridgehead atoms. The van der Waals surface area contributed by atoms with Crippen LogP contribution in [0, 0.1) is 0 Å². The highest BCUT2D eigenvalue weighted by atomic mass is 19.4. The second kappa shape index (κ2) is 20.0. The van der Waals surface area contributed by atoms with Gasteiger partial charge in [-0.2, -0.15) is 127 Å². The van der Waals surface area contributed by atoms with Gasteiger partial charge >= 0.3 is 49.4 Å². The molecule has 5 aromatic carbocycles. The summed E-state index contributed by atoms with van der Waals surface area (Å²) in [5, 5.41) is 1.16. The molecular formula is C51H26BF24NO. The molecule has 0 radical (unpaired) electrons. The number of para-hydroxylation sites is 1. The fourth-order valence-corrected chi connectivity index (χ4v) is 8.64. The van der Waals surface area contributed by atoms with Crippen LogP contribution in [-0.4, -0.2) is 6.15 Å². The lowest BCUT2D eigenvalue weighted by atomic mass is 9.12. The van der Waals surface area contributed by atoms with Crippen LogP contribution in [0.3, 0.4) is 0 Å². The van der Waals surface area contributed by atoms with Gasteiger partial charge in [-0.3, -0.25) is 0 Å². The zero-order valence-corrected chi connectivity index (χ0v) is 38.0. The molecule has 6 aromatic rings. The molecule has 78 heavy (non-hydrogen) atoms. The average molecular weight is 1140 g/mol. The molecule has 0 unspecified atom stereocenters. The molecule has 0 saturated carbocycles. The number of hydrogen-bond donors (Lipinski definition) is 0. The van der Waals surface area contributed by atoms with Crippen molar-refractivity contribution in [2.75, 3.05) is 0 Å². The Morgan fingerprint density at radius 3 is 0.821 bits per heavy atom. The highest BCUT2D eigenvalue weighted by Gasteiger charge is 2.47. The molecule has 0 aliphatic heterocycles. The summed E-state index contributed by atoms with van der Waals surface area (Å²) in [5.41, 5.74) is -26.8. The zero-order valence-electron chi connectivity index (χ0n) is 38.0. The van der Waals surface area contributed by atoms with Crippen molar-refractivity contribution < 1.29 is 115 Å². The first kappa shape index (κ1) is 58.1. The third kappa shape index (κ3) is 12.5. The number of alkyl halides is 24. The Labute approximate surface area is 421 Å². The van der Waals surface area contributed by atoms with Crippen molar-refractivity contribution in [2.24, 2.45) is 0 Å². The number of benzene rings is 5. The van der Waals surface area contributed by atoms with Gasteiger partial charge in [-0.25, -0.2) is 4.84 Å².